The van der Waals surface area contributed by atoms with E-state index in [9.17, 15) is 9.90 Å². The molecule has 0 aromatic carbocycles. The fourth-order valence-electron chi connectivity index (χ4n) is 3.02. The van der Waals surface area contributed by atoms with Gasteiger partial charge in [0.1, 0.15) is 0 Å². The summed E-state index contributed by atoms with van der Waals surface area (Å²) in [6.45, 7) is 13.0. The molecule has 0 saturated heterocycles. The number of aromatic carboxylic acids is 1. The maximum absolute atomic E-state index is 11.8. The van der Waals surface area contributed by atoms with Crippen molar-refractivity contribution in [3.63, 3.8) is 0 Å². The highest BCUT2D eigenvalue weighted by molar-refractivity contribution is 5.86. The first-order chi connectivity index (χ1) is 11.0. The van der Waals surface area contributed by atoms with Crippen molar-refractivity contribution in [2.24, 2.45) is 0 Å². The molecule has 3 heterocycles. The van der Waals surface area contributed by atoms with E-state index in [0.717, 1.165) is 11.0 Å². The van der Waals surface area contributed by atoms with Crippen LogP contribution < -0.4 is 4.40 Å². The van der Waals surface area contributed by atoms with Gasteiger partial charge < -0.3 is 5.11 Å². The lowest BCUT2D eigenvalue weighted by Crippen LogP contribution is -2.29. The van der Waals surface area contributed by atoms with Gasteiger partial charge in [0.25, 0.3) is 0 Å². The number of fused-ring (bicyclic) bond motifs is 3. The fraction of sp³-hybridized carbons (Fsp3) is 0.400. The van der Waals surface area contributed by atoms with Gasteiger partial charge in [-0.2, -0.15) is 8.80 Å². The third-order valence-electron chi connectivity index (χ3n) is 4.55. The molecule has 0 spiro atoms. The second kappa shape index (κ2) is 5.07. The summed E-state index contributed by atoms with van der Waals surface area (Å²) in [7, 11) is 0. The molecule has 3 aromatic heterocycles. The van der Waals surface area contributed by atoms with Crippen LogP contribution in [0.1, 0.15) is 63.3 Å². The molecule has 4 heteroatoms. The van der Waals surface area contributed by atoms with Crippen molar-refractivity contribution < 1.29 is 14.3 Å². The maximum Gasteiger partial charge on any atom is 0.420 e. The van der Waals surface area contributed by atoms with Crippen molar-refractivity contribution in [2.45, 2.75) is 52.4 Å². The average Bonchev–Trinajstić information content (AvgIpc) is 2.78. The molecule has 0 saturated carbocycles. The Morgan fingerprint density at radius 2 is 1.58 bits per heavy atom. The molecular weight excluding hydrogens is 300 g/mol. The number of aromatic nitrogens is 2. The molecule has 3 rings (SSSR count). The van der Waals surface area contributed by atoms with E-state index in [-0.39, 0.29) is 16.7 Å². The minimum absolute atomic E-state index is 0.00797. The Bertz CT molecular complexity index is 882. The molecule has 0 fully saturated rings. The summed E-state index contributed by atoms with van der Waals surface area (Å²) in [5.41, 5.74) is 4.24. The van der Waals surface area contributed by atoms with Gasteiger partial charge in [0.15, 0.2) is 11.0 Å². The van der Waals surface area contributed by atoms with Crippen molar-refractivity contribution >= 4 is 17.0 Å². The molecule has 0 aliphatic rings. The third-order valence-corrected chi connectivity index (χ3v) is 4.55. The Labute approximate surface area is 142 Å². The van der Waals surface area contributed by atoms with Crippen LogP contribution in [0.5, 0.6) is 0 Å². The van der Waals surface area contributed by atoms with Gasteiger partial charge in [0, 0.05) is 0 Å². The largest absolute Gasteiger partial charge is 0.472 e. The number of hydrogen-bond donors (Lipinski definition) is 1. The number of nitrogens with zero attached hydrogens (tertiary/aromatic N) is 2. The van der Waals surface area contributed by atoms with Gasteiger partial charge in [-0.05, 0) is 46.2 Å². The molecule has 0 bridgehead atoms. The predicted octanol–water partition coefficient (Wildman–Crippen LogP) is 3.97. The smallest absolute Gasteiger partial charge is 0.420 e. The molecule has 0 atom stereocenters. The standard InChI is InChI=1S/C20H24N2O2/c1-19(2,3)13-7-9-21-15(11-13)16-12-14(20(4,5)6)8-10-22(16)17(21)18(23)24/h7-12H,1-6H3/p+1. The van der Waals surface area contributed by atoms with Gasteiger partial charge in [-0.25, -0.2) is 4.79 Å². The first-order valence-electron chi connectivity index (χ1n) is 8.24. The summed E-state index contributed by atoms with van der Waals surface area (Å²) in [6.07, 6.45) is 3.73. The lowest BCUT2D eigenvalue weighted by molar-refractivity contribution is -0.515. The van der Waals surface area contributed by atoms with E-state index in [1.807, 2.05) is 24.5 Å². The minimum Gasteiger partial charge on any atom is -0.472 e. The Balaban J connectivity index is 2.45. The Morgan fingerprint density at radius 3 is 2.12 bits per heavy atom. The normalized spacial score (nSPS) is 12.9. The number of carboxylic acids is 1. The minimum atomic E-state index is -0.933. The number of rotatable bonds is 1. The third kappa shape index (κ3) is 2.56. The summed E-state index contributed by atoms with van der Waals surface area (Å²) in [5, 5.41) is 9.69. The highest BCUT2D eigenvalue weighted by atomic mass is 16.4. The molecule has 0 unspecified atom stereocenters. The zero-order chi connectivity index (χ0) is 17.9. The number of pyridine rings is 2. The topological polar surface area (TPSA) is 45.8 Å². The second-order valence-electron chi connectivity index (χ2n) is 8.47. The molecule has 4 nitrogen and oxygen atoms in total. The van der Waals surface area contributed by atoms with Crippen molar-refractivity contribution in [3.8, 4) is 0 Å². The van der Waals surface area contributed by atoms with E-state index >= 15 is 0 Å². The maximum atomic E-state index is 11.8. The summed E-state index contributed by atoms with van der Waals surface area (Å²) < 4.78 is 3.53. The molecule has 0 radical (unpaired) electrons. The van der Waals surface area contributed by atoms with Crippen LogP contribution in [-0.2, 0) is 10.8 Å². The second-order valence-corrected chi connectivity index (χ2v) is 8.47. The van der Waals surface area contributed by atoms with E-state index in [2.05, 4.69) is 53.7 Å². The molecule has 0 aliphatic carbocycles. The van der Waals surface area contributed by atoms with Crippen LogP contribution in [-0.4, -0.2) is 15.5 Å². The van der Waals surface area contributed by atoms with E-state index in [1.165, 1.54) is 11.1 Å². The van der Waals surface area contributed by atoms with Crippen molar-refractivity contribution in [1.29, 1.82) is 0 Å². The lowest BCUT2D eigenvalue weighted by Gasteiger charge is -2.18. The molecule has 126 valence electrons. The van der Waals surface area contributed by atoms with Gasteiger partial charge in [-0.3, -0.25) is 0 Å². The van der Waals surface area contributed by atoms with Crippen LogP contribution >= 0.6 is 0 Å². The molecule has 0 aliphatic heterocycles. The Kier molecular flexibility index (Phi) is 3.48. The van der Waals surface area contributed by atoms with Crippen LogP contribution in [0.15, 0.2) is 36.7 Å². The van der Waals surface area contributed by atoms with Gasteiger partial charge in [0.2, 0.25) is 0 Å². The monoisotopic (exact) mass is 325 g/mol. The molecule has 0 amide bonds. The van der Waals surface area contributed by atoms with Crippen LogP contribution in [0, 0.1) is 0 Å². The average molecular weight is 325 g/mol. The number of carboxylic acid groups (broad SMARTS) is 1. The zero-order valence-electron chi connectivity index (χ0n) is 15.2. The lowest BCUT2D eigenvalue weighted by atomic mass is 9.86. The van der Waals surface area contributed by atoms with Crippen LogP contribution in [0.3, 0.4) is 0 Å². The first-order valence-corrected chi connectivity index (χ1v) is 8.24. The highest BCUT2D eigenvalue weighted by Gasteiger charge is 2.29. The van der Waals surface area contributed by atoms with Crippen LogP contribution in [0.4, 0.5) is 0 Å². The van der Waals surface area contributed by atoms with E-state index in [0.29, 0.717) is 0 Å². The van der Waals surface area contributed by atoms with Gasteiger partial charge in [-0.1, -0.05) is 41.5 Å². The van der Waals surface area contributed by atoms with Crippen molar-refractivity contribution in [3.05, 3.63) is 53.6 Å². The van der Waals surface area contributed by atoms with E-state index in [4.69, 9.17) is 0 Å². The molecule has 3 aromatic rings. The molecule has 24 heavy (non-hydrogen) atoms. The number of imidazole rings is 1. The summed E-state index contributed by atoms with van der Waals surface area (Å²) in [5.74, 6) is -0.682. The number of carbonyl (C=O) groups is 1. The van der Waals surface area contributed by atoms with Gasteiger partial charge in [-0.15, -0.1) is 0 Å². The molecule has 1 N–H and O–H groups in total. The van der Waals surface area contributed by atoms with Gasteiger partial charge >= 0.3 is 11.8 Å². The molecular formula is C20H25N2O2+. The van der Waals surface area contributed by atoms with Crippen molar-refractivity contribution in [1.82, 2.24) is 4.40 Å². The first kappa shape index (κ1) is 16.5. The van der Waals surface area contributed by atoms with Crippen LogP contribution in [0.2, 0.25) is 0 Å². The Morgan fingerprint density at radius 1 is 1.00 bits per heavy atom. The fourth-order valence-corrected chi connectivity index (χ4v) is 3.02. The van der Waals surface area contributed by atoms with E-state index in [1.54, 1.807) is 8.80 Å². The van der Waals surface area contributed by atoms with E-state index < -0.39 is 5.97 Å². The van der Waals surface area contributed by atoms with Gasteiger partial charge in [0.05, 0.1) is 12.4 Å². The highest BCUT2D eigenvalue weighted by Crippen LogP contribution is 2.27. The van der Waals surface area contributed by atoms with Crippen molar-refractivity contribution in [2.75, 3.05) is 0 Å². The SMILES string of the molecule is CC(C)(C)c1ccn2c(C(=O)O)[n+]3ccc(C(C)(C)C)cc3c2c1. The van der Waals surface area contributed by atoms with Crippen LogP contribution in [0.25, 0.3) is 11.0 Å². The summed E-state index contributed by atoms with van der Waals surface area (Å²) in [6, 6.07) is 8.22. The zero-order valence-corrected chi connectivity index (χ0v) is 15.2. The Hall–Kier alpha value is -2.36. The predicted molar refractivity (Wildman–Crippen MR) is 94.9 cm³/mol. The quantitative estimate of drug-likeness (QED) is 0.688. The number of hydrogen-bond acceptors (Lipinski definition) is 1. The summed E-state index contributed by atoms with van der Waals surface area (Å²) >= 11 is 0. The summed E-state index contributed by atoms with van der Waals surface area (Å²) in [4.78, 5) is 11.8.